The van der Waals surface area contributed by atoms with Crippen molar-refractivity contribution in [1.29, 1.82) is 0 Å². The number of carbonyl (C=O) groups excluding carboxylic acids is 2. The Bertz CT molecular complexity index is 1030. The van der Waals surface area contributed by atoms with Gasteiger partial charge in [0.15, 0.2) is 10.9 Å². The minimum atomic E-state index is -0.173. The van der Waals surface area contributed by atoms with Gasteiger partial charge < -0.3 is 5.32 Å². The molecule has 2 aromatic carbocycles. The van der Waals surface area contributed by atoms with Gasteiger partial charge in [0, 0.05) is 53.8 Å². The van der Waals surface area contributed by atoms with E-state index in [1.54, 1.807) is 12.1 Å². The monoisotopic (exact) mass is 483 g/mol. The second-order valence-electron chi connectivity index (χ2n) is 7.31. The molecule has 30 heavy (non-hydrogen) atoms. The molecule has 1 N–H and O–H groups in total. The number of halogens is 1. The molecule has 0 radical (unpaired) electrons. The SMILES string of the molecule is O=C(CCC(=O)c1ccc(Br)cc1)Nc1nc2c(s1)CN(Cc1ccccc1)CC2. The molecule has 1 amide bonds. The highest BCUT2D eigenvalue weighted by Crippen LogP contribution is 2.29. The highest BCUT2D eigenvalue weighted by Gasteiger charge is 2.21. The number of rotatable bonds is 7. The van der Waals surface area contributed by atoms with Gasteiger partial charge in [-0.25, -0.2) is 4.98 Å². The normalized spacial score (nSPS) is 13.6. The summed E-state index contributed by atoms with van der Waals surface area (Å²) in [5.41, 5.74) is 2.99. The molecular weight excluding hydrogens is 462 g/mol. The molecule has 2 heterocycles. The number of ketones is 1. The van der Waals surface area contributed by atoms with Crippen molar-refractivity contribution in [2.24, 2.45) is 0 Å². The van der Waals surface area contributed by atoms with E-state index in [2.05, 4.69) is 55.4 Å². The van der Waals surface area contributed by atoms with E-state index >= 15 is 0 Å². The van der Waals surface area contributed by atoms with Crippen LogP contribution in [-0.2, 0) is 24.3 Å². The lowest BCUT2D eigenvalue weighted by atomic mass is 10.1. The second kappa shape index (κ2) is 9.64. The molecule has 5 nitrogen and oxygen atoms in total. The Morgan fingerprint density at radius 2 is 1.83 bits per heavy atom. The van der Waals surface area contributed by atoms with Crippen molar-refractivity contribution in [3.05, 3.63) is 80.8 Å². The maximum atomic E-state index is 12.3. The van der Waals surface area contributed by atoms with Gasteiger partial charge >= 0.3 is 0 Å². The van der Waals surface area contributed by atoms with Crippen LogP contribution in [0.15, 0.2) is 59.1 Å². The van der Waals surface area contributed by atoms with Crippen LogP contribution in [0.5, 0.6) is 0 Å². The molecule has 154 valence electrons. The fraction of sp³-hybridized carbons (Fsp3) is 0.261. The topological polar surface area (TPSA) is 62.3 Å². The Hall–Kier alpha value is -2.35. The summed E-state index contributed by atoms with van der Waals surface area (Å²) in [6.07, 6.45) is 1.22. The Labute approximate surface area is 188 Å². The third kappa shape index (κ3) is 5.41. The number of aromatic nitrogens is 1. The Morgan fingerprint density at radius 1 is 1.07 bits per heavy atom. The quantitative estimate of drug-likeness (QED) is 0.476. The van der Waals surface area contributed by atoms with Gasteiger partial charge in [0.2, 0.25) is 5.91 Å². The minimum absolute atomic E-state index is 0.0346. The molecule has 0 aliphatic carbocycles. The number of carbonyl (C=O) groups is 2. The first kappa shape index (κ1) is 20.9. The molecule has 0 unspecified atom stereocenters. The van der Waals surface area contributed by atoms with Gasteiger partial charge in [0.1, 0.15) is 0 Å². The zero-order chi connectivity index (χ0) is 20.9. The van der Waals surface area contributed by atoms with Crippen LogP contribution in [0, 0.1) is 0 Å². The van der Waals surface area contributed by atoms with Crippen LogP contribution < -0.4 is 5.32 Å². The molecule has 0 saturated heterocycles. The van der Waals surface area contributed by atoms with Crippen molar-refractivity contribution in [3.8, 4) is 0 Å². The number of hydrogen-bond donors (Lipinski definition) is 1. The largest absolute Gasteiger partial charge is 0.302 e. The minimum Gasteiger partial charge on any atom is -0.302 e. The summed E-state index contributed by atoms with van der Waals surface area (Å²) in [5, 5.41) is 3.50. The van der Waals surface area contributed by atoms with Crippen LogP contribution in [0.4, 0.5) is 5.13 Å². The molecule has 0 spiro atoms. The van der Waals surface area contributed by atoms with Crippen molar-refractivity contribution < 1.29 is 9.59 Å². The maximum absolute atomic E-state index is 12.3. The fourth-order valence-electron chi connectivity index (χ4n) is 3.47. The Morgan fingerprint density at radius 3 is 2.60 bits per heavy atom. The van der Waals surface area contributed by atoms with Gasteiger partial charge in [-0.2, -0.15) is 0 Å². The Balaban J connectivity index is 1.29. The lowest BCUT2D eigenvalue weighted by Gasteiger charge is -2.25. The number of nitrogens with one attached hydrogen (secondary N) is 1. The van der Waals surface area contributed by atoms with Crippen LogP contribution >= 0.6 is 27.3 Å². The summed E-state index contributed by atoms with van der Waals surface area (Å²) in [7, 11) is 0. The van der Waals surface area contributed by atoms with Gasteiger partial charge in [-0.3, -0.25) is 14.5 Å². The molecule has 4 rings (SSSR count). The van der Waals surface area contributed by atoms with Crippen molar-refractivity contribution in [2.75, 3.05) is 11.9 Å². The van der Waals surface area contributed by atoms with E-state index in [1.807, 2.05) is 18.2 Å². The van der Waals surface area contributed by atoms with E-state index in [9.17, 15) is 9.59 Å². The van der Waals surface area contributed by atoms with Crippen molar-refractivity contribution >= 4 is 44.1 Å². The number of Topliss-reactive ketones (excluding diaryl/α,β-unsaturated/α-hetero) is 1. The van der Waals surface area contributed by atoms with E-state index < -0.39 is 0 Å². The molecule has 1 aromatic heterocycles. The highest BCUT2D eigenvalue weighted by atomic mass is 79.9. The van der Waals surface area contributed by atoms with E-state index in [4.69, 9.17) is 0 Å². The van der Waals surface area contributed by atoms with Crippen molar-refractivity contribution in [2.45, 2.75) is 32.4 Å². The van der Waals surface area contributed by atoms with E-state index in [-0.39, 0.29) is 24.5 Å². The number of fused-ring (bicyclic) bond motifs is 1. The maximum Gasteiger partial charge on any atom is 0.226 e. The van der Waals surface area contributed by atoms with Crippen molar-refractivity contribution in [1.82, 2.24) is 9.88 Å². The lowest BCUT2D eigenvalue weighted by molar-refractivity contribution is -0.116. The zero-order valence-corrected chi connectivity index (χ0v) is 18.8. The lowest BCUT2D eigenvalue weighted by Crippen LogP contribution is -2.29. The number of nitrogens with zero attached hydrogens (tertiary/aromatic N) is 2. The number of anilines is 1. The Kier molecular flexibility index (Phi) is 6.72. The van der Waals surface area contributed by atoms with E-state index in [1.165, 1.54) is 21.8 Å². The summed E-state index contributed by atoms with van der Waals surface area (Å²) in [6.45, 7) is 2.72. The van der Waals surface area contributed by atoms with Gasteiger partial charge in [-0.15, -0.1) is 11.3 Å². The molecule has 0 saturated carbocycles. The molecule has 1 aliphatic heterocycles. The fourth-order valence-corrected chi connectivity index (χ4v) is 4.80. The first-order chi connectivity index (χ1) is 14.6. The molecular formula is C23H22BrN3O2S. The van der Waals surface area contributed by atoms with Crippen molar-refractivity contribution in [3.63, 3.8) is 0 Å². The van der Waals surface area contributed by atoms with Gasteiger partial charge in [-0.1, -0.05) is 58.4 Å². The summed E-state index contributed by atoms with van der Waals surface area (Å²) in [5.74, 6) is -0.208. The summed E-state index contributed by atoms with van der Waals surface area (Å²) in [6, 6.07) is 17.6. The van der Waals surface area contributed by atoms with Crippen LogP contribution in [0.2, 0.25) is 0 Å². The third-order valence-corrected chi connectivity index (χ3v) is 6.58. The van der Waals surface area contributed by atoms with Crippen LogP contribution in [0.1, 0.15) is 39.3 Å². The second-order valence-corrected chi connectivity index (χ2v) is 9.31. The number of benzene rings is 2. The molecule has 3 aromatic rings. The summed E-state index contributed by atoms with van der Waals surface area (Å²) in [4.78, 5) is 32.8. The van der Waals surface area contributed by atoms with Crippen LogP contribution in [-0.4, -0.2) is 28.1 Å². The van der Waals surface area contributed by atoms with E-state index in [0.717, 1.165) is 36.2 Å². The molecule has 0 bridgehead atoms. The standard InChI is InChI=1S/C23H22BrN3O2S/c24-18-8-6-17(7-9-18)20(28)10-11-22(29)26-23-25-19-12-13-27(15-21(19)30-23)14-16-4-2-1-3-5-16/h1-9H,10-15H2,(H,25,26,29). The average molecular weight is 484 g/mol. The predicted molar refractivity (Wildman–Crippen MR) is 123 cm³/mol. The van der Waals surface area contributed by atoms with Crippen LogP contribution in [0.3, 0.4) is 0 Å². The molecule has 1 aliphatic rings. The zero-order valence-electron chi connectivity index (χ0n) is 16.4. The summed E-state index contributed by atoms with van der Waals surface area (Å²) < 4.78 is 0.923. The van der Waals surface area contributed by atoms with Crippen LogP contribution in [0.25, 0.3) is 0 Å². The molecule has 0 atom stereocenters. The van der Waals surface area contributed by atoms with Gasteiger partial charge in [0.05, 0.1) is 5.69 Å². The highest BCUT2D eigenvalue weighted by molar-refractivity contribution is 9.10. The average Bonchev–Trinajstić information content (AvgIpc) is 3.14. The number of hydrogen-bond acceptors (Lipinski definition) is 5. The number of thiazole rings is 1. The smallest absolute Gasteiger partial charge is 0.226 e. The third-order valence-electron chi connectivity index (χ3n) is 5.05. The van der Waals surface area contributed by atoms with Gasteiger partial charge in [0.25, 0.3) is 0 Å². The predicted octanol–water partition coefficient (Wildman–Crippen LogP) is 5.07. The first-order valence-corrected chi connectivity index (χ1v) is 11.5. The number of amides is 1. The molecule has 0 fully saturated rings. The van der Waals surface area contributed by atoms with E-state index in [0.29, 0.717) is 10.7 Å². The molecule has 7 heteroatoms. The first-order valence-electron chi connectivity index (χ1n) is 9.90. The van der Waals surface area contributed by atoms with Gasteiger partial charge in [-0.05, 0) is 17.7 Å². The summed E-state index contributed by atoms with van der Waals surface area (Å²) >= 11 is 4.89.